The molecule has 0 spiro atoms. The largest absolute Gasteiger partial charge is 0.475 e. The molecule has 0 radical (unpaired) electrons. The lowest BCUT2D eigenvalue weighted by molar-refractivity contribution is 0.0677. The first kappa shape index (κ1) is 8.18. The van der Waals surface area contributed by atoms with Gasteiger partial charge < -0.3 is 15.0 Å². The molecule has 2 N–H and O–H groups in total. The second-order valence-corrected chi connectivity index (χ2v) is 2.93. The van der Waals surface area contributed by atoms with E-state index < -0.39 is 5.97 Å². The average Bonchev–Trinajstić information content (AvgIpc) is 2.36. The van der Waals surface area contributed by atoms with Crippen molar-refractivity contribution in [2.45, 2.75) is 19.5 Å². The topological polar surface area (TPSA) is 80.0 Å². The first-order chi connectivity index (χ1) is 6.29. The molecule has 13 heavy (non-hydrogen) atoms. The van der Waals surface area contributed by atoms with Gasteiger partial charge in [0.25, 0.3) is 0 Å². The molecule has 0 bridgehead atoms. The molecule has 2 heterocycles. The Balaban J connectivity index is 2.39. The number of aromatic nitrogens is 3. The smallest absolute Gasteiger partial charge is 0.374 e. The molecule has 0 saturated heterocycles. The molecule has 0 aromatic carbocycles. The third-order valence-corrected chi connectivity index (χ3v) is 2.04. The number of hydrogen-bond acceptors (Lipinski definition) is 4. The van der Waals surface area contributed by atoms with Crippen LogP contribution in [-0.4, -0.2) is 32.4 Å². The standard InChI is InChI=1S/C7H10N4O2/c12-7(13)6-10-9-5-4-8-2-1-3-11(5)6/h8H,1-4H2,(H,12,13). The quantitative estimate of drug-likeness (QED) is 0.610. The summed E-state index contributed by atoms with van der Waals surface area (Å²) in [5, 5.41) is 19.3. The maximum Gasteiger partial charge on any atom is 0.374 e. The lowest BCUT2D eigenvalue weighted by Crippen LogP contribution is -2.13. The first-order valence-electron chi connectivity index (χ1n) is 4.15. The monoisotopic (exact) mass is 182 g/mol. The Kier molecular flexibility index (Phi) is 1.97. The Morgan fingerprint density at radius 3 is 3.15 bits per heavy atom. The number of carboxylic acid groups (broad SMARTS) is 1. The van der Waals surface area contributed by atoms with Gasteiger partial charge in [-0.1, -0.05) is 0 Å². The summed E-state index contributed by atoms with van der Waals surface area (Å²) in [7, 11) is 0. The van der Waals surface area contributed by atoms with Gasteiger partial charge >= 0.3 is 5.97 Å². The maximum atomic E-state index is 10.7. The van der Waals surface area contributed by atoms with Crippen LogP contribution in [0.15, 0.2) is 0 Å². The zero-order valence-electron chi connectivity index (χ0n) is 7.03. The van der Waals surface area contributed by atoms with Crippen LogP contribution in [0.1, 0.15) is 22.9 Å². The van der Waals surface area contributed by atoms with E-state index in [0.29, 0.717) is 18.9 Å². The van der Waals surface area contributed by atoms with Crippen LogP contribution in [-0.2, 0) is 13.1 Å². The molecule has 1 aromatic rings. The number of hydrogen-bond donors (Lipinski definition) is 2. The highest BCUT2D eigenvalue weighted by Gasteiger charge is 2.18. The summed E-state index contributed by atoms with van der Waals surface area (Å²) >= 11 is 0. The summed E-state index contributed by atoms with van der Waals surface area (Å²) in [6, 6.07) is 0. The summed E-state index contributed by atoms with van der Waals surface area (Å²) in [6.07, 6.45) is 0.908. The van der Waals surface area contributed by atoms with Crippen LogP contribution in [0.3, 0.4) is 0 Å². The molecular formula is C7H10N4O2. The molecule has 0 aliphatic carbocycles. The molecule has 0 unspecified atom stereocenters. The summed E-state index contributed by atoms with van der Waals surface area (Å²) in [5.41, 5.74) is 0. The molecule has 1 aliphatic heterocycles. The number of carboxylic acids is 1. The van der Waals surface area contributed by atoms with Crippen molar-refractivity contribution < 1.29 is 9.90 Å². The molecule has 1 aromatic heterocycles. The summed E-state index contributed by atoms with van der Waals surface area (Å²) < 4.78 is 1.66. The van der Waals surface area contributed by atoms with E-state index in [1.165, 1.54) is 0 Å². The fourth-order valence-corrected chi connectivity index (χ4v) is 1.42. The highest BCUT2D eigenvalue weighted by atomic mass is 16.4. The molecule has 0 saturated carbocycles. The van der Waals surface area contributed by atoms with E-state index in [1.54, 1.807) is 4.57 Å². The Morgan fingerprint density at radius 1 is 1.54 bits per heavy atom. The van der Waals surface area contributed by atoms with E-state index in [-0.39, 0.29) is 5.82 Å². The van der Waals surface area contributed by atoms with Crippen LogP contribution in [0.2, 0.25) is 0 Å². The van der Waals surface area contributed by atoms with Crippen LogP contribution in [0.4, 0.5) is 0 Å². The van der Waals surface area contributed by atoms with Gasteiger partial charge in [-0.3, -0.25) is 0 Å². The Bertz CT molecular complexity index is 333. The minimum Gasteiger partial charge on any atom is -0.475 e. The summed E-state index contributed by atoms with van der Waals surface area (Å²) in [5.74, 6) is -0.269. The number of nitrogens with one attached hydrogen (secondary N) is 1. The van der Waals surface area contributed by atoms with E-state index in [4.69, 9.17) is 5.11 Å². The zero-order chi connectivity index (χ0) is 9.26. The average molecular weight is 182 g/mol. The first-order valence-corrected chi connectivity index (χ1v) is 4.15. The van der Waals surface area contributed by atoms with Crippen LogP contribution in [0.5, 0.6) is 0 Å². The van der Waals surface area contributed by atoms with Crippen molar-refractivity contribution in [3.63, 3.8) is 0 Å². The zero-order valence-corrected chi connectivity index (χ0v) is 7.03. The Hall–Kier alpha value is -1.43. The third-order valence-electron chi connectivity index (χ3n) is 2.04. The minimum absolute atomic E-state index is 0.0405. The Morgan fingerprint density at radius 2 is 2.38 bits per heavy atom. The van der Waals surface area contributed by atoms with Gasteiger partial charge in [-0.2, -0.15) is 0 Å². The number of nitrogens with zero attached hydrogens (tertiary/aromatic N) is 3. The van der Waals surface area contributed by atoms with Crippen molar-refractivity contribution in [1.82, 2.24) is 20.1 Å². The lowest BCUT2D eigenvalue weighted by atomic mass is 10.4. The molecule has 1 aliphatic rings. The van der Waals surface area contributed by atoms with Crippen LogP contribution in [0.25, 0.3) is 0 Å². The van der Waals surface area contributed by atoms with Crippen LogP contribution in [0, 0.1) is 0 Å². The van der Waals surface area contributed by atoms with Crippen molar-refractivity contribution in [3.8, 4) is 0 Å². The van der Waals surface area contributed by atoms with Gasteiger partial charge in [0.1, 0.15) is 5.82 Å². The SMILES string of the molecule is O=C(O)c1nnc2n1CCCNC2. The third kappa shape index (κ3) is 1.40. The van der Waals surface area contributed by atoms with Gasteiger partial charge in [-0.05, 0) is 13.0 Å². The number of aromatic carboxylic acids is 1. The number of fused-ring (bicyclic) bond motifs is 1. The lowest BCUT2D eigenvalue weighted by Gasteiger charge is -2.01. The highest BCUT2D eigenvalue weighted by Crippen LogP contribution is 2.06. The predicted octanol–water partition coefficient (Wildman–Crippen LogP) is -0.530. The molecule has 0 fully saturated rings. The van der Waals surface area contributed by atoms with Gasteiger partial charge in [-0.25, -0.2) is 4.79 Å². The molecule has 6 heteroatoms. The fraction of sp³-hybridized carbons (Fsp3) is 0.571. The van der Waals surface area contributed by atoms with Gasteiger partial charge in [0.15, 0.2) is 0 Å². The van der Waals surface area contributed by atoms with Gasteiger partial charge in [-0.15, -0.1) is 10.2 Å². The van der Waals surface area contributed by atoms with Crippen molar-refractivity contribution in [2.75, 3.05) is 6.54 Å². The van der Waals surface area contributed by atoms with E-state index in [9.17, 15) is 4.79 Å². The fourth-order valence-electron chi connectivity index (χ4n) is 1.42. The number of carbonyl (C=O) groups is 1. The Labute approximate surface area is 74.6 Å². The normalized spacial score (nSPS) is 16.3. The second kappa shape index (κ2) is 3.14. The molecular weight excluding hydrogens is 172 g/mol. The molecule has 6 nitrogen and oxygen atoms in total. The molecule has 0 atom stereocenters. The summed E-state index contributed by atoms with van der Waals surface area (Å²) in [4.78, 5) is 10.7. The maximum absolute atomic E-state index is 10.7. The second-order valence-electron chi connectivity index (χ2n) is 2.93. The molecule has 70 valence electrons. The van der Waals surface area contributed by atoms with Gasteiger partial charge in [0.2, 0.25) is 5.82 Å². The van der Waals surface area contributed by atoms with Crippen molar-refractivity contribution in [3.05, 3.63) is 11.6 Å². The molecule has 0 amide bonds. The van der Waals surface area contributed by atoms with E-state index in [2.05, 4.69) is 15.5 Å². The van der Waals surface area contributed by atoms with Gasteiger partial charge in [0, 0.05) is 6.54 Å². The van der Waals surface area contributed by atoms with E-state index in [0.717, 1.165) is 13.0 Å². The van der Waals surface area contributed by atoms with Crippen molar-refractivity contribution in [1.29, 1.82) is 0 Å². The van der Waals surface area contributed by atoms with E-state index >= 15 is 0 Å². The summed E-state index contributed by atoms with van der Waals surface area (Å²) in [6.45, 7) is 2.17. The van der Waals surface area contributed by atoms with E-state index in [1.807, 2.05) is 0 Å². The minimum atomic E-state index is -1.01. The van der Waals surface area contributed by atoms with Gasteiger partial charge in [0.05, 0.1) is 6.54 Å². The van der Waals surface area contributed by atoms with Crippen molar-refractivity contribution in [2.24, 2.45) is 0 Å². The highest BCUT2D eigenvalue weighted by molar-refractivity contribution is 5.83. The van der Waals surface area contributed by atoms with Crippen LogP contribution < -0.4 is 5.32 Å². The molecule has 2 rings (SSSR count). The number of rotatable bonds is 1. The predicted molar refractivity (Wildman–Crippen MR) is 43.3 cm³/mol. The van der Waals surface area contributed by atoms with Crippen molar-refractivity contribution >= 4 is 5.97 Å². The van der Waals surface area contributed by atoms with Crippen LogP contribution >= 0.6 is 0 Å².